The molecule has 3 rings (SSSR count). The summed E-state index contributed by atoms with van der Waals surface area (Å²) >= 11 is 7.21. The molecule has 0 saturated heterocycles. The number of thioether (sulfide) groups is 1. The minimum Gasteiger partial charge on any atom is -0.345 e. The summed E-state index contributed by atoms with van der Waals surface area (Å²) in [5, 5.41) is 14.4. The van der Waals surface area contributed by atoms with Crippen molar-refractivity contribution < 1.29 is 14.0 Å². The van der Waals surface area contributed by atoms with E-state index in [1.807, 2.05) is 12.1 Å². The Hall–Kier alpha value is -3.17. The first kappa shape index (κ1) is 22.5. The number of halogens is 2. The minimum atomic E-state index is -0.499. The Morgan fingerprint density at radius 1 is 1.16 bits per heavy atom. The van der Waals surface area contributed by atoms with Crippen LogP contribution in [0.1, 0.15) is 11.4 Å². The molecule has 0 aliphatic carbocycles. The van der Waals surface area contributed by atoms with Crippen molar-refractivity contribution in [2.24, 2.45) is 7.05 Å². The van der Waals surface area contributed by atoms with Gasteiger partial charge in [-0.15, -0.1) is 10.2 Å². The highest BCUT2D eigenvalue weighted by molar-refractivity contribution is 7.99. The summed E-state index contributed by atoms with van der Waals surface area (Å²) < 4.78 is 15.3. The SMILES string of the molecule is Cn1c(CNC(=O)/C=C/c2ccccc2Cl)nnc1SCC(=O)Nc1ccccc1F. The maximum atomic E-state index is 13.6. The van der Waals surface area contributed by atoms with Crippen molar-refractivity contribution in [1.29, 1.82) is 0 Å². The standard InChI is InChI=1S/C21H19ClFN5O2S/c1-28-18(12-24-19(29)11-10-14-6-2-3-7-15(14)22)26-27-21(28)31-13-20(30)25-17-9-5-4-8-16(17)23/h2-11H,12-13H2,1H3,(H,24,29)(H,25,30)/b11-10+. The van der Waals surface area contributed by atoms with Gasteiger partial charge in [0, 0.05) is 18.1 Å². The van der Waals surface area contributed by atoms with Crippen LogP contribution in [0.25, 0.3) is 6.08 Å². The van der Waals surface area contributed by atoms with E-state index in [0.29, 0.717) is 16.0 Å². The molecule has 0 radical (unpaired) electrons. The predicted molar refractivity (Wildman–Crippen MR) is 119 cm³/mol. The van der Waals surface area contributed by atoms with Crippen molar-refractivity contribution in [3.8, 4) is 0 Å². The lowest BCUT2D eigenvalue weighted by atomic mass is 10.2. The van der Waals surface area contributed by atoms with Crippen molar-refractivity contribution in [3.63, 3.8) is 0 Å². The number of nitrogens with zero attached hydrogens (tertiary/aromatic N) is 3. The fourth-order valence-corrected chi connectivity index (χ4v) is 3.43. The van der Waals surface area contributed by atoms with Gasteiger partial charge in [-0.05, 0) is 29.8 Å². The zero-order valence-corrected chi connectivity index (χ0v) is 18.1. The Kier molecular flexibility index (Phi) is 7.80. The molecule has 1 heterocycles. The summed E-state index contributed by atoms with van der Waals surface area (Å²) in [4.78, 5) is 24.1. The number of carbonyl (C=O) groups excluding carboxylic acids is 2. The average molecular weight is 460 g/mol. The normalized spacial score (nSPS) is 10.9. The second kappa shape index (κ2) is 10.7. The smallest absolute Gasteiger partial charge is 0.244 e. The van der Waals surface area contributed by atoms with Gasteiger partial charge in [0.05, 0.1) is 18.0 Å². The van der Waals surface area contributed by atoms with E-state index in [9.17, 15) is 14.0 Å². The highest BCUT2D eigenvalue weighted by Crippen LogP contribution is 2.18. The summed E-state index contributed by atoms with van der Waals surface area (Å²) in [5.74, 6) is -0.607. The lowest BCUT2D eigenvalue weighted by molar-refractivity contribution is -0.116. The first-order valence-electron chi connectivity index (χ1n) is 9.20. The third-order valence-corrected chi connectivity index (χ3v) is 5.51. The van der Waals surface area contributed by atoms with E-state index < -0.39 is 5.82 Å². The molecule has 0 spiro atoms. The molecule has 7 nitrogen and oxygen atoms in total. The van der Waals surface area contributed by atoms with E-state index >= 15 is 0 Å². The minimum absolute atomic E-state index is 0.0350. The Labute approximate surface area is 187 Å². The predicted octanol–water partition coefficient (Wildman–Crippen LogP) is 3.67. The van der Waals surface area contributed by atoms with Crippen LogP contribution in [0, 0.1) is 5.82 Å². The van der Waals surface area contributed by atoms with Gasteiger partial charge in [-0.25, -0.2) is 4.39 Å². The second-order valence-electron chi connectivity index (χ2n) is 6.35. The monoisotopic (exact) mass is 459 g/mol. The quantitative estimate of drug-likeness (QED) is 0.396. The van der Waals surface area contributed by atoms with Crippen LogP contribution in [-0.4, -0.2) is 32.3 Å². The van der Waals surface area contributed by atoms with Crippen LogP contribution >= 0.6 is 23.4 Å². The van der Waals surface area contributed by atoms with Gasteiger partial charge in [-0.1, -0.05) is 53.7 Å². The van der Waals surface area contributed by atoms with Gasteiger partial charge in [0.15, 0.2) is 11.0 Å². The van der Waals surface area contributed by atoms with Crippen LogP contribution in [-0.2, 0) is 23.2 Å². The van der Waals surface area contributed by atoms with Crippen molar-refractivity contribution in [3.05, 3.63) is 76.8 Å². The van der Waals surface area contributed by atoms with Crippen molar-refractivity contribution in [2.75, 3.05) is 11.1 Å². The molecule has 0 saturated carbocycles. The molecule has 1 aromatic heterocycles. The van der Waals surface area contributed by atoms with E-state index in [1.165, 1.54) is 18.2 Å². The number of nitrogens with one attached hydrogen (secondary N) is 2. The largest absolute Gasteiger partial charge is 0.345 e. The number of aromatic nitrogens is 3. The zero-order valence-electron chi connectivity index (χ0n) is 16.5. The van der Waals surface area contributed by atoms with E-state index in [2.05, 4.69) is 20.8 Å². The lowest BCUT2D eigenvalue weighted by Crippen LogP contribution is -2.22. The number of hydrogen-bond donors (Lipinski definition) is 2. The number of hydrogen-bond acceptors (Lipinski definition) is 5. The highest BCUT2D eigenvalue weighted by Gasteiger charge is 2.13. The van der Waals surface area contributed by atoms with Crippen LogP contribution in [0.3, 0.4) is 0 Å². The van der Waals surface area contributed by atoms with Gasteiger partial charge < -0.3 is 15.2 Å². The fraction of sp³-hybridized carbons (Fsp3) is 0.143. The molecule has 10 heteroatoms. The molecule has 0 fully saturated rings. The third-order valence-electron chi connectivity index (χ3n) is 4.15. The van der Waals surface area contributed by atoms with Crippen molar-refractivity contribution in [1.82, 2.24) is 20.1 Å². The van der Waals surface area contributed by atoms with Gasteiger partial charge >= 0.3 is 0 Å². The second-order valence-corrected chi connectivity index (χ2v) is 7.70. The van der Waals surface area contributed by atoms with Gasteiger partial charge in [0.2, 0.25) is 11.8 Å². The van der Waals surface area contributed by atoms with Crippen LogP contribution in [0.4, 0.5) is 10.1 Å². The average Bonchev–Trinajstić information content (AvgIpc) is 3.11. The molecule has 160 valence electrons. The molecule has 3 aromatic rings. The van der Waals surface area contributed by atoms with Crippen molar-refractivity contribution >= 4 is 46.9 Å². The molecule has 2 N–H and O–H groups in total. The molecule has 31 heavy (non-hydrogen) atoms. The lowest BCUT2D eigenvalue weighted by Gasteiger charge is -2.06. The Morgan fingerprint density at radius 3 is 2.68 bits per heavy atom. The first-order valence-corrected chi connectivity index (χ1v) is 10.6. The van der Waals surface area contributed by atoms with E-state index in [0.717, 1.165) is 17.3 Å². The molecule has 2 aromatic carbocycles. The summed E-state index contributed by atoms with van der Waals surface area (Å²) in [5.41, 5.74) is 0.865. The molecule has 2 amide bonds. The highest BCUT2D eigenvalue weighted by atomic mass is 35.5. The number of amides is 2. The number of rotatable bonds is 8. The Balaban J connectivity index is 1.49. The molecule has 0 aliphatic heterocycles. The summed E-state index contributed by atoms with van der Waals surface area (Å²) in [6.07, 6.45) is 3.02. The summed E-state index contributed by atoms with van der Waals surface area (Å²) in [6, 6.07) is 13.1. The van der Waals surface area contributed by atoms with Crippen LogP contribution in [0.5, 0.6) is 0 Å². The van der Waals surface area contributed by atoms with Crippen LogP contribution in [0.15, 0.2) is 59.8 Å². The molecule has 0 bridgehead atoms. The Morgan fingerprint density at radius 2 is 1.90 bits per heavy atom. The Bertz CT molecular complexity index is 1120. The van der Waals surface area contributed by atoms with E-state index in [4.69, 9.17) is 11.6 Å². The number of carbonyl (C=O) groups is 2. The molecular formula is C21H19ClFN5O2S. The van der Waals surface area contributed by atoms with Gasteiger partial charge in [0.25, 0.3) is 0 Å². The third kappa shape index (κ3) is 6.40. The molecule has 0 aliphatic rings. The summed E-state index contributed by atoms with van der Waals surface area (Å²) in [7, 11) is 1.73. The molecule has 0 unspecified atom stereocenters. The number of anilines is 1. The zero-order chi connectivity index (χ0) is 22.2. The van der Waals surface area contributed by atoms with E-state index in [-0.39, 0.29) is 29.8 Å². The maximum Gasteiger partial charge on any atom is 0.244 e. The van der Waals surface area contributed by atoms with Gasteiger partial charge in [-0.2, -0.15) is 0 Å². The molecular weight excluding hydrogens is 441 g/mol. The van der Waals surface area contributed by atoms with Crippen LogP contribution in [0.2, 0.25) is 5.02 Å². The van der Waals surface area contributed by atoms with E-state index in [1.54, 1.807) is 42.0 Å². The molecule has 0 atom stereocenters. The van der Waals surface area contributed by atoms with Crippen LogP contribution < -0.4 is 10.6 Å². The summed E-state index contributed by atoms with van der Waals surface area (Å²) in [6.45, 7) is 0.164. The maximum absolute atomic E-state index is 13.6. The first-order chi connectivity index (χ1) is 14.9. The topological polar surface area (TPSA) is 88.9 Å². The number of para-hydroxylation sites is 1. The fourth-order valence-electron chi connectivity index (χ4n) is 2.50. The van der Waals surface area contributed by atoms with Gasteiger partial charge in [-0.3, -0.25) is 9.59 Å². The van der Waals surface area contributed by atoms with Crippen molar-refractivity contribution in [2.45, 2.75) is 11.7 Å². The number of benzene rings is 2. The van der Waals surface area contributed by atoms with Gasteiger partial charge in [0.1, 0.15) is 5.82 Å².